The maximum atomic E-state index is 12.9. The average Bonchev–Trinajstić information content (AvgIpc) is 3.12. The molecule has 0 aromatic heterocycles. The smallest absolute Gasteiger partial charge is 0.339 e. The molecule has 1 N–H and O–H groups in total. The number of nitrogens with zero attached hydrogens (tertiary/aromatic N) is 1. The number of carbonyl (C=O) groups excluding carboxylic acids is 4. The van der Waals surface area contributed by atoms with Gasteiger partial charge in [-0.3, -0.25) is 19.3 Å². The van der Waals surface area contributed by atoms with Crippen molar-refractivity contribution in [2.45, 2.75) is 13.8 Å². The lowest BCUT2D eigenvalue weighted by Gasteiger charge is -2.14. The monoisotopic (exact) mass is 578 g/mol. The topological polar surface area (TPSA) is 111 Å². The number of benzene rings is 2. The maximum absolute atomic E-state index is 12.9. The molecule has 12 heteroatoms. The molecule has 0 atom stereocenters. The van der Waals surface area contributed by atoms with E-state index in [9.17, 15) is 19.2 Å². The van der Waals surface area contributed by atoms with Gasteiger partial charge in [0.05, 0.1) is 33.7 Å². The molecular formula is C26H24Cl2N2O7S. The number of anilines is 1. The Morgan fingerprint density at radius 2 is 1.84 bits per heavy atom. The summed E-state index contributed by atoms with van der Waals surface area (Å²) in [4.78, 5) is 51.0. The maximum Gasteiger partial charge on any atom is 0.339 e. The van der Waals surface area contributed by atoms with Gasteiger partial charge in [0, 0.05) is 5.69 Å². The fourth-order valence-corrected chi connectivity index (χ4v) is 4.62. The van der Waals surface area contributed by atoms with E-state index in [1.165, 1.54) is 24.3 Å². The van der Waals surface area contributed by atoms with E-state index in [2.05, 4.69) is 11.9 Å². The number of nitrogens with one attached hydrogen (secondary N) is 1. The number of ether oxygens (including phenoxy) is 3. The second-order valence-corrected chi connectivity index (χ2v) is 9.40. The average molecular weight is 579 g/mol. The Morgan fingerprint density at radius 3 is 2.53 bits per heavy atom. The van der Waals surface area contributed by atoms with Crippen LogP contribution in [-0.4, -0.2) is 54.3 Å². The predicted octanol–water partition coefficient (Wildman–Crippen LogP) is 5.81. The Bertz CT molecular complexity index is 1310. The number of thioether (sulfide) groups is 1. The van der Waals surface area contributed by atoms with Gasteiger partial charge in [-0.2, -0.15) is 0 Å². The molecule has 0 bridgehead atoms. The van der Waals surface area contributed by atoms with Gasteiger partial charge in [-0.05, 0) is 67.6 Å². The first-order chi connectivity index (χ1) is 18.2. The highest BCUT2D eigenvalue weighted by molar-refractivity contribution is 8.18. The van der Waals surface area contributed by atoms with E-state index in [1.807, 2.05) is 0 Å². The third-order valence-electron chi connectivity index (χ3n) is 4.90. The molecule has 1 aliphatic rings. The van der Waals surface area contributed by atoms with Crippen LogP contribution in [0.1, 0.15) is 29.8 Å². The van der Waals surface area contributed by atoms with E-state index in [1.54, 1.807) is 32.1 Å². The van der Waals surface area contributed by atoms with Crippen molar-refractivity contribution in [2.24, 2.45) is 0 Å². The van der Waals surface area contributed by atoms with Crippen LogP contribution in [0.4, 0.5) is 10.5 Å². The van der Waals surface area contributed by atoms with Crippen LogP contribution in [-0.2, 0) is 14.3 Å². The van der Waals surface area contributed by atoms with Crippen LogP contribution in [0.5, 0.6) is 11.5 Å². The molecule has 9 nitrogen and oxygen atoms in total. The van der Waals surface area contributed by atoms with Crippen molar-refractivity contribution >= 4 is 69.8 Å². The van der Waals surface area contributed by atoms with Crippen LogP contribution in [0.2, 0.25) is 10.0 Å². The van der Waals surface area contributed by atoms with Gasteiger partial charge in [-0.15, -0.1) is 0 Å². The van der Waals surface area contributed by atoms with Gasteiger partial charge in [-0.1, -0.05) is 35.9 Å². The number of carbonyl (C=O) groups is 4. The van der Waals surface area contributed by atoms with Crippen LogP contribution in [0, 0.1) is 0 Å². The lowest BCUT2D eigenvalue weighted by molar-refractivity contribution is -0.127. The second kappa shape index (κ2) is 13.4. The highest BCUT2D eigenvalue weighted by Gasteiger charge is 2.36. The molecule has 2 aromatic rings. The predicted molar refractivity (Wildman–Crippen MR) is 147 cm³/mol. The Balaban J connectivity index is 1.75. The highest BCUT2D eigenvalue weighted by Crippen LogP contribution is 2.39. The van der Waals surface area contributed by atoms with E-state index < -0.39 is 29.6 Å². The molecule has 1 fully saturated rings. The fourth-order valence-electron chi connectivity index (χ4n) is 3.32. The minimum absolute atomic E-state index is 0.0754. The molecule has 3 amide bonds. The molecule has 0 aliphatic carbocycles. The summed E-state index contributed by atoms with van der Waals surface area (Å²) in [6, 6.07) is 7.48. The first-order valence-electron chi connectivity index (χ1n) is 11.4. The summed E-state index contributed by atoms with van der Waals surface area (Å²) < 4.78 is 16.1. The zero-order chi connectivity index (χ0) is 27.8. The standard InChI is InChI=1S/C26H24Cl2N2O7S/c1-4-9-37-23-19(28)10-15(11-20(23)35-5-2)12-21-24(32)30(26(34)38-21)14-22(31)29-16-7-8-18(27)17(13-16)25(33)36-6-3/h4,7-8,10-13H,1,5-6,9,14H2,2-3H3,(H,29,31)/b21-12+. The van der Waals surface area contributed by atoms with Crippen LogP contribution in [0.15, 0.2) is 47.9 Å². The van der Waals surface area contributed by atoms with Crippen molar-refractivity contribution in [3.05, 3.63) is 69.1 Å². The minimum Gasteiger partial charge on any atom is -0.490 e. The third-order valence-corrected chi connectivity index (χ3v) is 6.41. The largest absolute Gasteiger partial charge is 0.490 e. The molecular weight excluding hydrogens is 555 g/mol. The molecule has 200 valence electrons. The summed E-state index contributed by atoms with van der Waals surface area (Å²) in [5, 5.41) is 2.36. The van der Waals surface area contributed by atoms with Gasteiger partial charge in [-0.25, -0.2) is 4.79 Å². The van der Waals surface area contributed by atoms with E-state index in [0.29, 0.717) is 35.4 Å². The Labute approximate surface area is 233 Å². The fraction of sp³-hybridized carbons (Fsp3) is 0.231. The summed E-state index contributed by atoms with van der Waals surface area (Å²) in [6.45, 7) is 7.27. The van der Waals surface area contributed by atoms with E-state index in [-0.39, 0.29) is 39.4 Å². The van der Waals surface area contributed by atoms with Crippen molar-refractivity contribution in [3.8, 4) is 11.5 Å². The Morgan fingerprint density at radius 1 is 1.08 bits per heavy atom. The zero-order valence-electron chi connectivity index (χ0n) is 20.5. The van der Waals surface area contributed by atoms with Crippen LogP contribution in [0.25, 0.3) is 6.08 Å². The number of esters is 1. The molecule has 0 saturated carbocycles. The van der Waals surface area contributed by atoms with Crippen molar-refractivity contribution in [3.63, 3.8) is 0 Å². The van der Waals surface area contributed by atoms with Gasteiger partial charge in [0.2, 0.25) is 5.91 Å². The molecule has 1 saturated heterocycles. The molecule has 3 rings (SSSR count). The summed E-state index contributed by atoms with van der Waals surface area (Å²) in [7, 11) is 0. The lowest BCUT2D eigenvalue weighted by atomic mass is 10.1. The van der Waals surface area contributed by atoms with Crippen LogP contribution >= 0.6 is 35.0 Å². The summed E-state index contributed by atoms with van der Waals surface area (Å²) in [6.07, 6.45) is 3.05. The molecule has 2 aromatic carbocycles. The quantitative estimate of drug-likeness (QED) is 0.202. The minimum atomic E-state index is -0.643. The number of amides is 3. The second-order valence-electron chi connectivity index (χ2n) is 7.59. The van der Waals surface area contributed by atoms with E-state index in [4.69, 9.17) is 37.4 Å². The highest BCUT2D eigenvalue weighted by atomic mass is 35.5. The molecule has 0 spiro atoms. The van der Waals surface area contributed by atoms with Gasteiger partial charge < -0.3 is 19.5 Å². The summed E-state index contributed by atoms with van der Waals surface area (Å²) in [5.74, 6) is -1.21. The Kier molecular flexibility index (Phi) is 10.2. The van der Waals surface area contributed by atoms with Crippen molar-refractivity contribution in [2.75, 3.05) is 31.7 Å². The lowest BCUT2D eigenvalue weighted by Crippen LogP contribution is -2.36. The van der Waals surface area contributed by atoms with Gasteiger partial charge in [0.1, 0.15) is 13.2 Å². The SMILES string of the molecule is C=CCOc1c(Cl)cc(/C=C2/SC(=O)N(CC(=O)Nc3ccc(Cl)c(C(=O)OCC)c3)C2=O)cc1OCC. The summed E-state index contributed by atoms with van der Waals surface area (Å²) >= 11 is 13.1. The van der Waals surface area contributed by atoms with Crippen LogP contribution < -0.4 is 14.8 Å². The summed E-state index contributed by atoms with van der Waals surface area (Å²) in [5.41, 5.74) is 0.834. The van der Waals surface area contributed by atoms with Gasteiger partial charge in [0.25, 0.3) is 11.1 Å². The van der Waals surface area contributed by atoms with Crippen molar-refractivity contribution in [1.82, 2.24) is 4.90 Å². The number of imide groups is 1. The number of rotatable bonds is 11. The molecule has 38 heavy (non-hydrogen) atoms. The zero-order valence-corrected chi connectivity index (χ0v) is 22.9. The third kappa shape index (κ3) is 7.09. The molecule has 1 heterocycles. The Hall–Kier alpha value is -3.47. The first-order valence-corrected chi connectivity index (χ1v) is 13.0. The molecule has 0 radical (unpaired) electrons. The van der Waals surface area contributed by atoms with Crippen LogP contribution in [0.3, 0.4) is 0 Å². The number of hydrogen-bond donors (Lipinski definition) is 1. The van der Waals surface area contributed by atoms with Gasteiger partial charge >= 0.3 is 5.97 Å². The van der Waals surface area contributed by atoms with Crippen molar-refractivity contribution in [1.29, 1.82) is 0 Å². The molecule has 0 unspecified atom stereocenters. The van der Waals surface area contributed by atoms with E-state index in [0.717, 1.165) is 4.90 Å². The van der Waals surface area contributed by atoms with Gasteiger partial charge in [0.15, 0.2) is 11.5 Å². The molecule has 1 aliphatic heterocycles. The van der Waals surface area contributed by atoms with E-state index >= 15 is 0 Å². The normalized spacial score (nSPS) is 14.0. The number of halogens is 2. The first kappa shape index (κ1) is 29.1. The van der Waals surface area contributed by atoms with Crippen molar-refractivity contribution < 1.29 is 33.4 Å². The number of hydrogen-bond acceptors (Lipinski definition) is 8.